The van der Waals surface area contributed by atoms with Crippen LogP contribution < -0.4 is 17.0 Å². The van der Waals surface area contributed by atoms with Gasteiger partial charge in [-0.1, -0.05) is 0 Å². The largest absolute Gasteiger partial charge is 2.00 e. The summed E-state index contributed by atoms with van der Waals surface area (Å²) in [6.45, 7) is 0. The molecule has 3 heteroatoms. The minimum absolute atomic E-state index is 0. The Morgan fingerprint density at radius 1 is 1.00 bits per heavy atom. The molecule has 0 aromatic rings. The van der Waals surface area contributed by atoms with Crippen LogP contribution in [0, 0.1) is 7.43 Å². The molecule has 0 saturated heterocycles. The Balaban J connectivity index is 0. The van der Waals surface area contributed by atoms with Crippen molar-refractivity contribution in [1.82, 2.24) is 0 Å². The Morgan fingerprint density at radius 2 is 1.00 bits per heavy atom. The molecule has 0 amide bonds. The van der Waals surface area contributed by atoms with Crippen LogP contribution in [0.2, 0.25) is 0 Å². The Kier molecular flexibility index (Phi) is 160. The van der Waals surface area contributed by atoms with Crippen LogP contribution in [0.1, 0.15) is 0 Å². The maximum Gasteiger partial charge on any atom is 2.00 e. The van der Waals surface area contributed by atoms with Gasteiger partial charge in [0.15, 0.2) is 0 Å². The second kappa shape index (κ2) is 18.7. The summed E-state index contributed by atoms with van der Waals surface area (Å²) in [5, 5.41) is 0. The standard InChI is InChI=1S/CH3.BrH.Mg.Na/h1H3;1H;;/q-1;;+2;/p-1. The third-order valence-corrected chi connectivity index (χ3v) is 0. The molecule has 0 fully saturated rings. The summed E-state index contributed by atoms with van der Waals surface area (Å²) in [6, 6.07) is 0. The zero-order valence-corrected chi connectivity index (χ0v) is 8.09. The van der Waals surface area contributed by atoms with E-state index < -0.39 is 0 Å². The first-order chi connectivity index (χ1) is 0. The van der Waals surface area contributed by atoms with Gasteiger partial charge >= 0.3 is 23.1 Å². The van der Waals surface area contributed by atoms with Gasteiger partial charge in [-0.3, -0.25) is 0 Å². The number of halogens is 1. The molecule has 4 heavy (non-hydrogen) atoms. The van der Waals surface area contributed by atoms with E-state index >= 15 is 0 Å². The summed E-state index contributed by atoms with van der Waals surface area (Å²) in [7, 11) is 0. The van der Waals surface area contributed by atoms with Crippen LogP contribution in [0.4, 0.5) is 0 Å². The predicted molar refractivity (Wildman–Crippen MR) is 17.9 cm³/mol. The van der Waals surface area contributed by atoms with Gasteiger partial charge in [0.05, 0.1) is 0 Å². The van der Waals surface area contributed by atoms with Gasteiger partial charge in [0.2, 0.25) is 0 Å². The Labute approximate surface area is 75.9 Å². The van der Waals surface area contributed by atoms with Crippen molar-refractivity contribution in [2.45, 2.75) is 0 Å². The molecule has 0 nitrogen and oxygen atoms in total. The number of rotatable bonds is 0. The molecule has 0 aromatic heterocycles. The van der Waals surface area contributed by atoms with Gasteiger partial charge in [-0.05, 0) is 0 Å². The molecule has 0 saturated carbocycles. The molecule has 0 aliphatic heterocycles. The summed E-state index contributed by atoms with van der Waals surface area (Å²) in [5.41, 5.74) is 0. The molecular formula is CH3BrMgNa. The third-order valence-electron chi connectivity index (χ3n) is 0. The molecule has 0 aliphatic carbocycles. The van der Waals surface area contributed by atoms with Crippen molar-refractivity contribution < 1.29 is 17.0 Å². The van der Waals surface area contributed by atoms with Crippen LogP contribution in [0.15, 0.2) is 0 Å². The van der Waals surface area contributed by atoms with Gasteiger partial charge in [-0.15, -0.1) is 0 Å². The topological polar surface area (TPSA) is 0 Å². The SMILES string of the molecule is [Br-].[CH3-].[Mg+2].[Na]. The zero-order valence-electron chi connectivity index (χ0n) is 3.09. The summed E-state index contributed by atoms with van der Waals surface area (Å²) < 4.78 is 0. The average Bonchev–Trinajstić information content (AvgIpc) is 0. The molecule has 0 atom stereocenters. The molecule has 0 aliphatic rings. The maximum absolute atomic E-state index is 0. The average molecular weight is 142 g/mol. The first kappa shape index (κ1) is 34.1. The van der Waals surface area contributed by atoms with Crippen molar-refractivity contribution in [3.63, 3.8) is 0 Å². The molecular weight excluding hydrogens is 139 g/mol. The fourth-order valence-electron chi connectivity index (χ4n) is 0. The van der Waals surface area contributed by atoms with E-state index in [0.29, 0.717) is 0 Å². The predicted octanol–water partition coefficient (Wildman–Crippen LogP) is -3.31. The van der Waals surface area contributed by atoms with Crippen molar-refractivity contribution >= 4 is 52.6 Å². The van der Waals surface area contributed by atoms with E-state index in [9.17, 15) is 0 Å². The summed E-state index contributed by atoms with van der Waals surface area (Å²) in [5.74, 6) is 0. The van der Waals surface area contributed by atoms with E-state index in [1.807, 2.05) is 0 Å². The van der Waals surface area contributed by atoms with Crippen LogP contribution in [-0.4, -0.2) is 52.6 Å². The zero-order chi connectivity index (χ0) is 0. The molecule has 0 heterocycles. The Bertz CT molecular complexity index is 8.00. The van der Waals surface area contributed by atoms with Crippen molar-refractivity contribution in [3.8, 4) is 0 Å². The van der Waals surface area contributed by atoms with Crippen molar-refractivity contribution in [2.75, 3.05) is 0 Å². The Hall–Kier alpha value is 2.25. The van der Waals surface area contributed by atoms with Crippen molar-refractivity contribution in [1.29, 1.82) is 0 Å². The normalized spacial score (nSPS) is 0. The van der Waals surface area contributed by atoms with E-state index in [1.165, 1.54) is 0 Å². The minimum atomic E-state index is 0. The van der Waals surface area contributed by atoms with E-state index in [0.717, 1.165) is 0 Å². The summed E-state index contributed by atoms with van der Waals surface area (Å²) in [4.78, 5) is 0. The second-order valence-electron chi connectivity index (χ2n) is 0. The van der Waals surface area contributed by atoms with E-state index in [1.54, 1.807) is 0 Å². The first-order valence-corrected chi connectivity index (χ1v) is 0. The molecule has 0 aromatic carbocycles. The maximum atomic E-state index is 0. The summed E-state index contributed by atoms with van der Waals surface area (Å²) >= 11 is 0. The molecule has 0 rings (SSSR count). The van der Waals surface area contributed by atoms with Gasteiger partial charge in [0.25, 0.3) is 0 Å². The van der Waals surface area contributed by atoms with Gasteiger partial charge in [-0.2, -0.15) is 0 Å². The monoisotopic (exact) mass is 141 g/mol. The van der Waals surface area contributed by atoms with Gasteiger partial charge in [0.1, 0.15) is 0 Å². The first-order valence-electron chi connectivity index (χ1n) is 0. The van der Waals surface area contributed by atoms with Gasteiger partial charge in [0, 0.05) is 29.6 Å². The second-order valence-corrected chi connectivity index (χ2v) is 0. The third kappa shape index (κ3) is 8.87. The number of hydrogen-bond donors (Lipinski definition) is 0. The number of hydrogen-bond acceptors (Lipinski definition) is 0. The molecule has 0 unspecified atom stereocenters. The minimum Gasteiger partial charge on any atom is -1.00 e. The quantitative estimate of drug-likeness (QED) is 0.245. The molecule has 0 N–H and O–H groups in total. The molecule has 0 spiro atoms. The van der Waals surface area contributed by atoms with Crippen LogP contribution in [0.5, 0.6) is 0 Å². The van der Waals surface area contributed by atoms with Gasteiger partial charge < -0.3 is 24.4 Å². The van der Waals surface area contributed by atoms with E-state index in [2.05, 4.69) is 0 Å². The van der Waals surface area contributed by atoms with E-state index in [-0.39, 0.29) is 77.0 Å². The smallest absolute Gasteiger partial charge is 1.00 e. The fourth-order valence-corrected chi connectivity index (χ4v) is 0. The molecule has 1 radical (unpaired) electrons. The van der Waals surface area contributed by atoms with Crippen LogP contribution in [0.25, 0.3) is 0 Å². The van der Waals surface area contributed by atoms with Crippen LogP contribution in [-0.2, 0) is 0 Å². The van der Waals surface area contributed by atoms with Gasteiger partial charge in [-0.25, -0.2) is 0 Å². The summed E-state index contributed by atoms with van der Waals surface area (Å²) in [6.07, 6.45) is 0. The van der Waals surface area contributed by atoms with Crippen LogP contribution in [0.3, 0.4) is 0 Å². The molecule has 17 valence electrons. The fraction of sp³-hybridized carbons (Fsp3) is 0. The van der Waals surface area contributed by atoms with Crippen molar-refractivity contribution in [2.24, 2.45) is 0 Å². The van der Waals surface area contributed by atoms with Crippen LogP contribution >= 0.6 is 0 Å². The van der Waals surface area contributed by atoms with Crippen molar-refractivity contribution in [3.05, 3.63) is 7.43 Å². The van der Waals surface area contributed by atoms with E-state index in [4.69, 9.17) is 0 Å². The Morgan fingerprint density at radius 3 is 1.00 bits per heavy atom. The molecule has 0 bridgehead atoms.